The third kappa shape index (κ3) is 4.24. The van der Waals surface area contributed by atoms with Crippen molar-refractivity contribution in [2.24, 2.45) is 0 Å². The lowest BCUT2D eigenvalue weighted by Gasteiger charge is -2.13. The van der Waals surface area contributed by atoms with E-state index in [1.807, 2.05) is 0 Å². The molecule has 1 aromatic rings. The molecule has 6 nitrogen and oxygen atoms in total. The fraction of sp³-hybridized carbons (Fsp3) is 0.300. The first-order valence-electron chi connectivity index (χ1n) is 5.25. The van der Waals surface area contributed by atoms with Crippen LogP contribution in [0, 0.1) is 0 Å². The smallest absolute Gasteiger partial charge is 0.338 e. The molecule has 0 fully saturated rings. The van der Waals surface area contributed by atoms with E-state index in [2.05, 4.69) is 0 Å². The molecule has 0 saturated carbocycles. The van der Waals surface area contributed by atoms with Gasteiger partial charge in [0.25, 0.3) is 6.43 Å². The summed E-state index contributed by atoms with van der Waals surface area (Å²) in [5, 5.41) is 16.8. The average Bonchev–Trinajstić information content (AvgIpc) is 2.35. The Hall–Kier alpha value is -1.00. The number of aliphatic hydroxyl groups excluding tert-OH is 1. The molecule has 1 unspecified atom stereocenters. The van der Waals surface area contributed by atoms with Gasteiger partial charge in [0.2, 0.25) is 10.0 Å². The number of hydrogen-bond donors (Lipinski definition) is 3. The highest BCUT2D eigenvalue weighted by Crippen LogP contribution is 2.31. The molecule has 0 amide bonds. The van der Waals surface area contributed by atoms with Crippen molar-refractivity contribution in [3.05, 3.63) is 27.7 Å². The Morgan fingerprint density at radius 3 is 2.38 bits per heavy atom. The minimum absolute atomic E-state index is 0.279. The molecule has 3 N–H and O–H groups in total. The zero-order valence-electron chi connectivity index (χ0n) is 10.1. The van der Waals surface area contributed by atoms with Gasteiger partial charge in [0.1, 0.15) is 11.0 Å². The Morgan fingerprint density at radius 1 is 1.33 bits per heavy atom. The molecule has 0 radical (unpaired) electrons. The Bertz CT molecular complexity index is 653. The van der Waals surface area contributed by atoms with Crippen LogP contribution in [0.2, 0.25) is 10.0 Å². The number of benzene rings is 1. The molecule has 1 atom stereocenters. The van der Waals surface area contributed by atoms with Gasteiger partial charge in [-0.05, 0) is 12.1 Å². The van der Waals surface area contributed by atoms with Crippen molar-refractivity contribution in [1.82, 2.24) is 4.72 Å². The van der Waals surface area contributed by atoms with Crippen LogP contribution in [0.1, 0.15) is 10.4 Å². The van der Waals surface area contributed by atoms with Gasteiger partial charge >= 0.3 is 5.97 Å². The molecule has 21 heavy (non-hydrogen) atoms. The molecule has 0 aliphatic rings. The molecule has 0 aromatic heterocycles. The molecule has 0 spiro atoms. The van der Waals surface area contributed by atoms with E-state index in [0.717, 1.165) is 12.1 Å². The second kappa shape index (κ2) is 6.84. The van der Waals surface area contributed by atoms with Crippen LogP contribution in [-0.2, 0) is 10.0 Å². The fourth-order valence-corrected chi connectivity index (χ4v) is 3.27. The van der Waals surface area contributed by atoms with Gasteiger partial charge in [-0.3, -0.25) is 0 Å². The van der Waals surface area contributed by atoms with Crippen LogP contribution in [0.4, 0.5) is 8.78 Å². The molecule has 0 aliphatic carbocycles. The Morgan fingerprint density at radius 2 is 1.90 bits per heavy atom. The van der Waals surface area contributed by atoms with Gasteiger partial charge in [0.15, 0.2) is 0 Å². The summed E-state index contributed by atoms with van der Waals surface area (Å²) in [7, 11) is -4.39. The molecular formula is C10H9Cl2F2NO5S. The molecule has 0 heterocycles. The van der Waals surface area contributed by atoms with E-state index in [0.29, 0.717) is 0 Å². The number of hydrogen-bond acceptors (Lipinski definition) is 4. The Balaban J connectivity index is 3.16. The first kappa shape index (κ1) is 18.1. The van der Waals surface area contributed by atoms with E-state index < -0.39 is 50.5 Å². The summed E-state index contributed by atoms with van der Waals surface area (Å²) >= 11 is 11.3. The van der Waals surface area contributed by atoms with E-state index >= 15 is 0 Å². The monoisotopic (exact) mass is 363 g/mol. The minimum Gasteiger partial charge on any atom is -0.478 e. The highest BCUT2D eigenvalue weighted by atomic mass is 35.5. The Labute approximate surface area is 128 Å². The van der Waals surface area contributed by atoms with Gasteiger partial charge in [-0.25, -0.2) is 26.7 Å². The number of nitrogens with one attached hydrogen (secondary N) is 1. The number of halogens is 4. The lowest BCUT2D eigenvalue weighted by atomic mass is 10.2. The zero-order chi connectivity index (χ0) is 16.4. The van der Waals surface area contributed by atoms with E-state index in [4.69, 9.17) is 33.4 Å². The van der Waals surface area contributed by atoms with Crippen LogP contribution in [0.5, 0.6) is 0 Å². The molecule has 0 bridgehead atoms. The number of alkyl halides is 2. The largest absolute Gasteiger partial charge is 0.478 e. The second-order valence-corrected chi connectivity index (χ2v) is 6.31. The SMILES string of the molecule is O=C(O)c1c(Cl)ccc(S(=O)(=O)NCC(O)C(F)F)c1Cl. The van der Waals surface area contributed by atoms with Crippen LogP contribution in [0.3, 0.4) is 0 Å². The van der Waals surface area contributed by atoms with Crippen molar-refractivity contribution in [1.29, 1.82) is 0 Å². The third-order valence-corrected chi connectivity index (χ3v) is 4.62. The van der Waals surface area contributed by atoms with Gasteiger partial charge in [0.05, 0.1) is 15.6 Å². The number of carboxylic acid groups (broad SMARTS) is 1. The number of aromatic carboxylic acids is 1. The average molecular weight is 364 g/mol. The van der Waals surface area contributed by atoms with Crippen LogP contribution >= 0.6 is 23.2 Å². The summed E-state index contributed by atoms with van der Waals surface area (Å²) in [6, 6.07) is 1.92. The van der Waals surface area contributed by atoms with Crippen LogP contribution in [0.15, 0.2) is 17.0 Å². The summed E-state index contributed by atoms with van der Waals surface area (Å²) in [5.41, 5.74) is -0.629. The fourth-order valence-electron chi connectivity index (χ4n) is 1.30. The third-order valence-electron chi connectivity index (χ3n) is 2.33. The maximum atomic E-state index is 12.1. The first-order valence-corrected chi connectivity index (χ1v) is 7.49. The van der Waals surface area contributed by atoms with E-state index in [9.17, 15) is 22.0 Å². The summed E-state index contributed by atoms with van der Waals surface area (Å²) in [6.07, 6.45) is -5.34. The van der Waals surface area contributed by atoms with Crippen molar-refractivity contribution in [2.75, 3.05) is 6.54 Å². The topological polar surface area (TPSA) is 104 Å². The zero-order valence-corrected chi connectivity index (χ0v) is 12.4. The minimum atomic E-state index is -4.39. The van der Waals surface area contributed by atoms with Gasteiger partial charge in [0, 0.05) is 6.54 Å². The van der Waals surface area contributed by atoms with E-state index in [1.54, 1.807) is 4.72 Å². The van der Waals surface area contributed by atoms with E-state index in [-0.39, 0.29) is 5.02 Å². The molecule has 11 heteroatoms. The quantitative estimate of drug-likeness (QED) is 0.711. The summed E-state index contributed by atoms with van der Waals surface area (Å²) in [5.74, 6) is -1.55. The highest BCUT2D eigenvalue weighted by molar-refractivity contribution is 7.89. The molecular weight excluding hydrogens is 355 g/mol. The van der Waals surface area contributed by atoms with Crippen LogP contribution < -0.4 is 4.72 Å². The number of rotatable bonds is 6. The number of carboxylic acids is 1. The summed E-state index contributed by atoms with van der Waals surface area (Å²) in [6.45, 7) is -0.957. The summed E-state index contributed by atoms with van der Waals surface area (Å²) < 4.78 is 49.7. The van der Waals surface area contributed by atoms with Crippen molar-refractivity contribution in [2.45, 2.75) is 17.4 Å². The lowest BCUT2D eigenvalue weighted by Crippen LogP contribution is -2.36. The molecule has 1 rings (SSSR count). The molecule has 0 saturated heterocycles. The van der Waals surface area contributed by atoms with Crippen molar-refractivity contribution < 1.29 is 32.2 Å². The van der Waals surface area contributed by atoms with Gasteiger partial charge < -0.3 is 10.2 Å². The number of aliphatic hydroxyl groups is 1. The van der Waals surface area contributed by atoms with Gasteiger partial charge in [-0.2, -0.15) is 0 Å². The first-order chi connectivity index (χ1) is 9.58. The van der Waals surface area contributed by atoms with Crippen LogP contribution in [0.25, 0.3) is 0 Å². The van der Waals surface area contributed by atoms with Crippen molar-refractivity contribution in [3.8, 4) is 0 Å². The van der Waals surface area contributed by atoms with Gasteiger partial charge in [-0.1, -0.05) is 23.2 Å². The number of sulfonamides is 1. The maximum Gasteiger partial charge on any atom is 0.338 e. The molecule has 118 valence electrons. The standard InChI is InChI=1S/C10H9Cl2F2NO5S/c11-4-1-2-6(8(12)7(4)10(17)18)21(19,20)15-3-5(16)9(13)14/h1-2,5,9,15-16H,3H2,(H,17,18). The van der Waals surface area contributed by atoms with Crippen LogP contribution in [-0.4, -0.2) is 43.7 Å². The predicted octanol–water partition coefficient (Wildman–Crippen LogP) is 1.60. The lowest BCUT2D eigenvalue weighted by molar-refractivity contribution is -0.000451. The number of carbonyl (C=O) groups is 1. The molecule has 1 aromatic carbocycles. The maximum absolute atomic E-state index is 12.1. The normalized spacial score (nSPS) is 13.4. The van der Waals surface area contributed by atoms with Crippen molar-refractivity contribution in [3.63, 3.8) is 0 Å². The predicted molar refractivity (Wildman–Crippen MR) is 70.6 cm³/mol. The summed E-state index contributed by atoms with van der Waals surface area (Å²) in [4.78, 5) is 10.3. The highest BCUT2D eigenvalue weighted by Gasteiger charge is 2.26. The van der Waals surface area contributed by atoms with E-state index in [1.165, 1.54) is 0 Å². The van der Waals surface area contributed by atoms with Gasteiger partial charge in [-0.15, -0.1) is 0 Å². The van der Waals surface area contributed by atoms with Crippen molar-refractivity contribution >= 4 is 39.2 Å². The molecule has 0 aliphatic heterocycles. The Kier molecular flexibility index (Phi) is 5.88. The second-order valence-electron chi connectivity index (χ2n) is 3.79.